The molecule has 1 saturated carbocycles. The fraction of sp³-hybridized carbons (Fsp3) is 0.333. The zero-order valence-corrected chi connectivity index (χ0v) is 17.3. The van der Waals surface area contributed by atoms with Gasteiger partial charge in [0.1, 0.15) is 11.6 Å². The van der Waals surface area contributed by atoms with Crippen molar-refractivity contribution in [2.45, 2.75) is 25.2 Å². The number of amides is 2. The van der Waals surface area contributed by atoms with Crippen molar-refractivity contribution in [3.63, 3.8) is 0 Å². The molecule has 4 atom stereocenters. The number of carbonyl (C=O) groups excluding carboxylic acids is 2. The lowest BCUT2D eigenvalue weighted by Gasteiger charge is -2.17. The molecular formula is C21H20N4O4S. The molecule has 1 saturated heterocycles. The molecule has 3 aliphatic rings. The lowest BCUT2D eigenvalue weighted by Crippen LogP contribution is -2.32. The van der Waals surface area contributed by atoms with Crippen molar-refractivity contribution in [1.29, 1.82) is 0 Å². The third kappa shape index (κ3) is 2.84. The summed E-state index contributed by atoms with van der Waals surface area (Å²) in [6, 6.07) is 7.32. The zero-order chi connectivity index (χ0) is 21.2. The Hall–Kier alpha value is -3.07. The van der Waals surface area contributed by atoms with Gasteiger partial charge >= 0.3 is 0 Å². The normalized spacial score (nSPS) is 27.1. The Morgan fingerprint density at radius 2 is 1.57 bits per heavy atom. The second kappa shape index (κ2) is 6.46. The topological polar surface area (TPSA) is 109 Å². The first-order chi connectivity index (χ1) is 14.2. The number of rotatable bonds is 4. The fourth-order valence-electron chi connectivity index (χ4n) is 4.90. The molecule has 1 N–H and O–H groups in total. The maximum atomic E-state index is 12.9. The largest absolute Gasteiger partial charge is 0.274 e. The van der Waals surface area contributed by atoms with E-state index in [1.54, 1.807) is 19.9 Å². The van der Waals surface area contributed by atoms with Crippen LogP contribution < -0.4 is 9.62 Å². The van der Waals surface area contributed by atoms with Crippen LogP contribution in [0.2, 0.25) is 0 Å². The number of fused-ring (bicyclic) bond motifs is 5. The molecule has 1 aliphatic heterocycles. The number of anilines is 2. The van der Waals surface area contributed by atoms with Crippen LogP contribution in [0.5, 0.6) is 0 Å². The van der Waals surface area contributed by atoms with Crippen molar-refractivity contribution in [2.24, 2.45) is 23.7 Å². The lowest BCUT2D eigenvalue weighted by molar-refractivity contribution is -0.123. The maximum absolute atomic E-state index is 12.9. The molecule has 8 nitrogen and oxygen atoms in total. The van der Waals surface area contributed by atoms with Gasteiger partial charge < -0.3 is 0 Å². The minimum absolute atomic E-state index is 0.0150. The predicted molar refractivity (Wildman–Crippen MR) is 109 cm³/mol. The van der Waals surface area contributed by atoms with Gasteiger partial charge in [-0.05, 0) is 56.4 Å². The number of allylic oxidation sites excluding steroid dienone is 2. The van der Waals surface area contributed by atoms with Crippen molar-refractivity contribution in [3.05, 3.63) is 54.0 Å². The van der Waals surface area contributed by atoms with Gasteiger partial charge in [0.05, 0.1) is 22.4 Å². The van der Waals surface area contributed by atoms with Crippen LogP contribution in [0.15, 0.2) is 47.4 Å². The maximum Gasteiger partial charge on any atom is 0.263 e. The highest BCUT2D eigenvalue weighted by molar-refractivity contribution is 7.92. The van der Waals surface area contributed by atoms with Gasteiger partial charge in [0.25, 0.3) is 10.0 Å². The van der Waals surface area contributed by atoms with Gasteiger partial charge in [0.15, 0.2) is 0 Å². The Kier molecular flexibility index (Phi) is 4.08. The molecule has 2 aliphatic carbocycles. The van der Waals surface area contributed by atoms with Gasteiger partial charge in [-0.1, -0.05) is 12.2 Å². The second-order valence-corrected chi connectivity index (χ2v) is 9.74. The quantitative estimate of drug-likeness (QED) is 0.595. The first kappa shape index (κ1) is 18.9. The highest BCUT2D eigenvalue weighted by Gasteiger charge is 2.59. The van der Waals surface area contributed by atoms with Crippen LogP contribution in [0, 0.1) is 37.5 Å². The number of hydrogen-bond acceptors (Lipinski definition) is 6. The SMILES string of the molecule is Cc1cc(NS(=O)(=O)c2ccc(N3C(=O)[C@@H]4[C@H](C3=O)[C@H]3C=C[C@H]4C3)cc2)nc(C)n1. The third-order valence-electron chi connectivity index (χ3n) is 6.08. The molecule has 9 heteroatoms. The Bertz CT molecular complexity index is 1160. The van der Waals surface area contributed by atoms with Gasteiger partial charge in [-0.2, -0.15) is 0 Å². The van der Waals surface area contributed by atoms with Gasteiger partial charge in [0, 0.05) is 11.8 Å². The summed E-state index contributed by atoms with van der Waals surface area (Å²) in [4.78, 5) is 35.2. The molecule has 2 aromatic rings. The number of hydrogen-bond donors (Lipinski definition) is 1. The molecule has 2 heterocycles. The molecule has 2 bridgehead atoms. The van der Waals surface area contributed by atoms with Gasteiger partial charge in [0.2, 0.25) is 11.8 Å². The number of carbonyl (C=O) groups is 2. The van der Waals surface area contributed by atoms with Crippen LogP contribution >= 0.6 is 0 Å². The van der Waals surface area contributed by atoms with Crippen LogP contribution in [-0.2, 0) is 19.6 Å². The van der Waals surface area contributed by atoms with Gasteiger partial charge in [-0.25, -0.2) is 18.4 Å². The molecule has 0 spiro atoms. The van der Waals surface area contributed by atoms with E-state index in [0.29, 0.717) is 17.2 Å². The molecule has 2 amide bonds. The summed E-state index contributed by atoms with van der Waals surface area (Å²) >= 11 is 0. The summed E-state index contributed by atoms with van der Waals surface area (Å²) in [6.45, 7) is 3.43. The highest BCUT2D eigenvalue weighted by Crippen LogP contribution is 2.53. The van der Waals surface area contributed by atoms with Crippen LogP contribution in [0.1, 0.15) is 17.9 Å². The molecule has 5 rings (SSSR count). The van der Waals surface area contributed by atoms with E-state index in [-0.39, 0.29) is 46.2 Å². The summed E-state index contributed by atoms with van der Waals surface area (Å²) in [5.41, 5.74) is 1.04. The van der Waals surface area contributed by atoms with E-state index in [1.165, 1.54) is 29.2 Å². The summed E-state index contributed by atoms with van der Waals surface area (Å²) in [7, 11) is -3.88. The summed E-state index contributed by atoms with van der Waals surface area (Å²) < 4.78 is 27.9. The minimum Gasteiger partial charge on any atom is -0.274 e. The number of benzene rings is 1. The number of imide groups is 1. The molecule has 2 fully saturated rings. The van der Waals surface area contributed by atoms with Crippen molar-refractivity contribution in [1.82, 2.24) is 9.97 Å². The summed E-state index contributed by atoms with van der Waals surface area (Å²) in [6.07, 6.45) is 4.95. The monoisotopic (exact) mass is 424 g/mol. The van der Waals surface area contributed by atoms with Gasteiger partial charge in [-0.3, -0.25) is 19.2 Å². The Morgan fingerprint density at radius 3 is 2.13 bits per heavy atom. The number of nitrogens with one attached hydrogen (secondary N) is 1. The van der Waals surface area contributed by atoms with Crippen LogP contribution in [-0.4, -0.2) is 30.2 Å². The van der Waals surface area contributed by atoms with E-state index in [2.05, 4.69) is 14.7 Å². The number of aryl methyl sites for hydroxylation is 2. The first-order valence-corrected chi connectivity index (χ1v) is 11.2. The Labute approximate surface area is 174 Å². The van der Waals surface area contributed by atoms with E-state index < -0.39 is 10.0 Å². The van der Waals surface area contributed by atoms with E-state index >= 15 is 0 Å². The van der Waals surface area contributed by atoms with E-state index in [1.807, 2.05) is 12.2 Å². The van der Waals surface area contributed by atoms with Crippen LogP contribution in [0.3, 0.4) is 0 Å². The lowest BCUT2D eigenvalue weighted by atomic mass is 9.85. The van der Waals surface area contributed by atoms with Crippen molar-refractivity contribution in [3.8, 4) is 0 Å². The van der Waals surface area contributed by atoms with Crippen LogP contribution in [0.25, 0.3) is 0 Å². The number of sulfonamides is 1. The van der Waals surface area contributed by atoms with Crippen LogP contribution in [0.4, 0.5) is 11.5 Å². The van der Waals surface area contributed by atoms with E-state index in [4.69, 9.17) is 0 Å². The van der Waals surface area contributed by atoms with E-state index in [0.717, 1.165) is 6.42 Å². The second-order valence-electron chi connectivity index (χ2n) is 8.05. The third-order valence-corrected chi connectivity index (χ3v) is 7.45. The fourth-order valence-corrected chi connectivity index (χ4v) is 5.89. The molecule has 30 heavy (non-hydrogen) atoms. The molecular weight excluding hydrogens is 404 g/mol. The number of aromatic nitrogens is 2. The molecule has 1 aromatic heterocycles. The van der Waals surface area contributed by atoms with E-state index in [9.17, 15) is 18.0 Å². The molecule has 0 radical (unpaired) electrons. The van der Waals surface area contributed by atoms with Gasteiger partial charge in [-0.15, -0.1) is 0 Å². The standard InChI is InChI=1S/C21H20N4O4S/c1-11-9-17(23-12(2)22-11)24-30(28,29)16-7-5-15(6-8-16)25-20(26)18-13-3-4-14(10-13)19(18)21(25)27/h3-9,13-14,18-19H,10H2,1-2H3,(H,22,23,24)/t13-,14-,18-,19+/m0/s1. The minimum atomic E-state index is -3.88. The predicted octanol–water partition coefficient (Wildman–Crippen LogP) is 2.21. The van der Waals surface area contributed by atoms with Crippen molar-refractivity contribution in [2.75, 3.05) is 9.62 Å². The smallest absolute Gasteiger partial charge is 0.263 e. The van der Waals surface area contributed by atoms with Crippen molar-refractivity contribution < 1.29 is 18.0 Å². The average molecular weight is 424 g/mol. The Morgan fingerprint density at radius 1 is 0.967 bits per heavy atom. The summed E-state index contributed by atoms with van der Waals surface area (Å²) in [5.74, 6) is -0.0586. The summed E-state index contributed by atoms with van der Waals surface area (Å²) in [5, 5.41) is 0. The molecule has 0 unspecified atom stereocenters. The first-order valence-electron chi connectivity index (χ1n) is 9.76. The zero-order valence-electron chi connectivity index (χ0n) is 16.4. The Balaban J connectivity index is 1.39. The molecule has 1 aromatic carbocycles. The average Bonchev–Trinajstić information content (AvgIpc) is 3.34. The van der Waals surface area contributed by atoms with Crippen molar-refractivity contribution >= 4 is 33.3 Å². The molecule has 154 valence electrons. The number of nitrogens with zero attached hydrogens (tertiary/aromatic N) is 3. The highest BCUT2D eigenvalue weighted by atomic mass is 32.2.